The summed E-state index contributed by atoms with van der Waals surface area (Å²) < 4.78 is 3.60. The Morgan fingerprint density at radius 2 is 0.978 bits per heavy atom. The van der Waals surface area contributed by atoms with Crippen LogP contribution in [-0.2, 0) is 19.6 Å². The van der Waals surface area contributed by atoms with E-state index in [-0.39, 0.29) is 0 Å². The lowest BCUT2D eigenvalue weighted by molar-refractivity contribution is 0.393. The molecule has 0 spiro atoms. The van der Waals surface area contributed by atoms with Crippen LogP contribution in [0, 0.1) is 0 Å². The first kappa shape index (κ1) is 36.6. The van der Waals surface area contributed by atoms with Gasteiger partial charge in [0, 0.05) is 54.4 Å². The summed E-state index contributed by atoms with van der Waals surface area (Å²) in [5.74, 6) is 0. The average Bonchev–Trinajstić information content (AvgIpc) is 3.05. The van der Waals surface area contributed by atoms with Crippen LogP contribution in [0.4, 0.5) is 0 Å². The minimum Gasteiger partial charge on any atom is -0.363 e. The van der Waals surface area contributed by atoms with E-state index in [2.05, 4.69) is 162 Å². The summed E-state index contributed by atoms with van der Waals surface area (Å²) in [6.07, 6.45) is 6.36. The molecule has 0 amide bonds. The van der Waals surface area contributed by atoms with Crippen molar-refractivity contribution in [3.8, 4) is 0 Å². The molecule has 0 aliphatic rings. The first-order valence-electron chi connectivity index (χ1n) is 14.9. The molecular formula is C36H47N5S4. The molecule has 1 N–H and O–H groups in total. The zero-order valence-electron chi connectivity index (χ0n) is 27.2. The number of hydrogen-bond acceptors (Lipinski definition) is 9. The molecule has 0 aromatic heterocycles. The highest BCUT2D eigenvalue weighted by molar-refractivity contribution is 8.16. The third kappa shape index (κ3) is 12.1. The summed E-state index contributed by atoms with van der Waals surface area (Å²) >= 11 is 13.3. The minimum atomic E-state index is 0.756. The fourth-order valence-corrected chi connectivity index (χ4v) is 7.10. The van der Waals surface area contributed by atoms with Gasteiger partial charge in [0.05, 0.1) is 10.1 Å². The van der Waals surface area contributed by atoms with E-state index in [4.69, 9.17) is 25.3 Å². The van der Waals surface area contributed by atoms with Crippen LogP contribution in [-0.4, -0.2) is 54.3 Å². The Hall–Kier alpha value is -2.82. The topological polar surface area (TPSA) is 25.0 Å². The van der Waals surface area contributed by atoms with E-state index in [1.54, 1.807) is 23.9 Å². The molecule has 3 aromatic carbocycles. The molecule has 45 heavy (non-hydrogen) atoms. The largest absolute Gasteiger partial charge is 0.363 e. The van der Waals surface area contributed by atoms with E-state index >= 15 is 0 Å². The van der Waals surface area contributed by atoms with Gasteiger partial charge in [-0.15, -0.1) is 25.3 Å². The molecule has 0 radical (unpaired) electrons. The molecule has 3 aromatic rings. The molecule has 5 nitrogen and oxygen atoms in total. The highest BCUT2D eigenvalue weighted by Gasteiger charge is 2.19. The van der Waals surface area contributed by atoms with Crippen molar-refractivity contribution in [3.63, 3.8) is 0 Å². The van der Waals surface area contributed by atoms with E-state index in [0.717, 1.165) is 46.3 Å². The van der Waals surface area contributed by atoms with E-state index in [9.17, 15) is 0 Å². The SMILES string of the molecule is C/C=C\C(=C/C)CN(C)/C(S)=C(/SNS/C(=C(\S)N(C)Cc1ccccc1)N(C)Cc1ccccc1)N(C)Cc1ccccc1. The van der Waals surface area contributed by atoms with Crippen LogP contribution in [0.5, 0.6) is 0 Å². The fourth-order valence-electron chi connectivity index (χ4n) is 4.61. The van der Waals surface area contributed by atoms with Gasteiger partial charge in [-0.2, -0.15) is 4.13 Å². The van der Waals surface area contributed by atoms with E-state index < -0.39 is 0 Å². The van der Waals surface area contributed by atoms with Gasteiger partial charge in [-0.1, -0.05) is 109 Å². The van der Waals surface area contributed by atoms with Gasteiger partial charge in [0.25, 0.3) is 0 Å². The van der Waals surface area contributed by atoms with Gasteiger partial charge in [-0.3, -0.25) is 0 Å². The van der Waals surface area contributed by atoms with Crippen molar-refractivity contribution in [1.29, 1.82) is 0 Å². The molecule has 0 atom stereocenters. The van der Waals surface area contributed by atoms with E-state index in [1.165, 1.54) is 22.3 Å². The van der Waals surface area contributed by atoms with Gasteiger partial charge in [0.15, 0.2) is 0 Å². The summed E-state index contributed by atoms with van der Waals surface area (Å²) in [5.41, 5.74) is 4.94. The van der Waals surface area contributed by atoms with Crippen molar-refractivity contribution in [1.82, 2.24) is 23.7 Å². The lowest BCUT2D eigenvalue weighted by Crippen LogP contribution is -2.26. The zero-order chi connectivity index (χ0) is 32.6. The molecule has 0 aliphatic heterocycles. The van der Waals surface area contributed by atoms with Crippen LogP contribution in [0.3, 0.4) is 0 Å². The molecule has 0 unspecified atom stereocenters. The Balaban J connectivity index is 1.88. The van der Waals surface area contributed by atoms with Crippen LogP contribution in [0.25, 0.3) is 0 Å². The molecule has 0 aliphatic carbocycles. The van der Waals surface area contributed by atoms with Gasteiger partial charge < -0.3 is 19.6 Å². The zero-order valence-corrected chi connectivity index (χ0v) is 30.6. The molecule has 240 valence electrons. The molecule has 0 heterocycles. The summed E-state index contributed by atoms with van der Waals surface area (Å²) in [6, 6.07) is 31.5. The minimum absolute atomic E-state index is 0.756. The maximum atomic E-state index is 5.06. The average molecular weight is 678 g/mol. The van der Waals surface area contributed by atoms with Crippen LogP contribution in [0.1, 0.15) is 30.5 Å². The maximum absolute atomic E-state index is 5.06. The normalized spacial score (nSPS) is 12.9. The smallest absolute Gasteiger partial charge is 0.117 e. The Kier molecular flexibility index (Phi) is 16.0. The predicted octanol–water partition coefficient (Wildman–Crippen LogP) is 8.84. The molecule has 9 heteroatoms. The van der Waals surface area contributed by atoms with Crippen molar-refractivity contribution in [2.45, 2.75) is 33.5 Å². The molecular weight excluding hydrogens is 631 g/mol. The van der Waals surface area contributed by atoms with Crippen LogP contribution >= 0.6 is 49.2 Å². The second-order valence-electron chi connectivity index (χ2n) is 10.8. The third-order valence-corrected chi connectivity index (χ3v) is 10.5. The monoisotopic (exact) mass is 677 g/mol. The first-order valence-corrected chi connectivity index (χ1v) is 17.5. The van der Waals surface area contributed by atoms with Gasteiger partial charge >= 0.3 is 0 Å². The number of rotatable bonds is 17. The fraction of sp³-hybridized carbons (Fsp3) is 0.278. The number of likely N-dealkylation sites (N-methyl/N-ethyl adjacent to an activating group) is 1. The molecule has 0 bridgehead atoms. The number of allylic oxidation sites excluding steroid dienone is 2. The molecule has 0 saturated carbocycles. The lowest BCUT2D eigenvalue weighted by atomic mass is 10.2. The number of thiol groups is 2. The van der Waals surface area contributed by atoms with Crippen molar-refractivity contribution < 1.29 is 0 Å². The maximum Gasteiger partial charge on any atom is 0.117 e. The Morgan fingerprint density at radius 3 is 1.36 bits per heavy atom. The number of nitrogens with zero attached hydrogens (tertiary/aromatic N) is 4. The van der Waals surface area contributed by atoms with Crippen molar-refractivity contribution >= 4 is 49.2 Å². The second-order valence-corrected chi connectivity index (χ2v) is 13.5. The Morgan fingerprint density at radius 1 is 0.600 bits per heavy atom. The quantitative estimate of drug-likeness (QED) is 0.0746. The predicted molar refractivity (Wildman–Crippen MR) is 205 cm³/mol. The summed E-state index contributed by atoms with van der Waals surface area (Å²) in [7, 11) is 8.40. The van der Waals surface area contributed by atoms with Crippen LogP contribution in [0.15, 0.2) is 135 Å². The van der Waals surface area contributed by atoms with Crippen molar-refractivity contribution in [2.24, 2.45) is 0 Å². The van der Waals surface area contributed by atoms with Crippen molar-refractivity contribution in [3.05, 3.63) is 152 Å². The highest BCUT2D eigenvalue weighted by Crippen LogP contribution is 2.33. The second kappa shape index (κ2) is 19.6. The summed E-state index contributed by atoms with van der Waals surface area (Å²) in [4.78, 5) is 8.87. The summed E-state index contributed by atoms with van der Waals surface area (Å²) in [6.45, 7) is 7.15. The number of hydrogen-bond donors (Lipinski definition) is 3. The number of nitrogens with one attached hydrogen (secondary N) is 1. The summed E-state index contributed by atoms with van der Waals surface area (Å²) in [5, 5.41) is 3.84. The third-order valence-electron chi connectivity index (χ3n) is 7.03. The molecule has 0 saturated heterocycles. The van der Waals surface area contributed by atoms with Gasteiger partial charge in [-0.05, 0) is 60.0 Å². The molecule has 0 fully saturated rings. The van der Waals surface area contributed by atoms with Crippen LogP contribution in [0.2, 0.25) is 0 Å². The van der Waals surface area contributed by atoms with E-state index in [0.29, 0.717) is 0 Å². The first-order chi connectivity index (χ1) is 21.7. The Labute approximate surface area is 291 Å². The molecule has 3 rings (SSSR count). The van der Waals surface area contributed by atoms with Crippen molar-refractivity contribution in [2.75, 3.05) is 34.7 Å². The lowest BCUT2D eigenvalue weighted by Gasteiger charge is -2.30. The standard InChI is InChI=1S/C36H47N5S4/c1-7-18-29(8-2)25-38(3)33(42)35(40(5)27-31-21-14-10-15-22-31)44-37-45-36(41(6)28-32-23-16-11-17-24-32)34(43)39(4)26-30-19-12-9-13-20-30/h7-24,37,42-43H,25-28H2,1-6H3/b18-7-,29-8+,35-33-,36-34-. The van der Waals surface area contributed by atoms with E-state index in [1.807, 2.05) is 13.0 Å². The number of benzene rings is 3. The Bertz CT molecular complexity index is 1430. The van der Waals surface area contributed by atoms with Gasteiger partial charge in [-0.25, -0.2) is 0 Å². The van der Waals surface area contributed by atoms with Crippen LogP contribution < -0.4 is 4.13 Å². The highest BCUT2D eigenvalue weighted by atomic mass is 32.2. The van der Waals surface area contributed by atoms with Gasteiger partial charge in [0.1, 0.15) is 10.1 Å². The van der Waals surface area contributed by atoms with Gasteiger partial charge in [0.2, 0.25) is 0 Å².